The maximum absolute atomic E-state index is 12.5. The maximum Gasteiger partial charge on any atom is 0.242 e. The number of sulfone groups is 1. The van der Waals surface area contributed by atoms with Crippen LogP contribution in [0.3, 0.4) is 0 Å². The largest absolute Gasteiger partial charge is 0.493 e. The Balaban J connectivity index is 1.79. The van der Waals surface area contributed by atoms with Gasteiger partial charge in [0.2, 0.25) is 11.7 Å². The smallest absolute Gasteiger partial charge is 0.242 e. The highest BCUT2D eigenvalue weighted by Crippen LogP contribution is 2.30. The zero-order valence-corrected chi connectivity index (χ0v) is 16.1. The van der Waals surface area contributed by atoms with Crippen molar-refractivity contribution in [2.75, 3.05) is 14.2 Å². The van der Waals surface area contributed by atoms with Crippen molar-refractivity contribution >= 4 is 21.4 Å². The molecular weight excluding hydrogens is 394 g/mol. The van der Waals surface area contributed by atoms with Crippen LogP contribution in [0.5, 0.6) is 11.5 Å². The standard InChI is InChI=1S/C17H16ClN3O5S/c1-24-14-7-8-19-13(16(14)25-2)9-27(22,23)10-15-20-17(21-26-15)11-3-5-12(18)6-4-11/h3-8H,9-10H2,1-2H3. The van der Waals surface area contributed by atoms with Gasteiger partial charge in [0.15, 0.2) is 21.3 Å². The molecule has 0 bridgehead atoms. The summed E-state index contributed by atoms with van der Waals surface area (Å²) in [5, 5.41) is 4.39. The van der Waals surface area contributed by atoms with Gasteiger partial charge in [0, 0.05) is 22.8 Å². The molecule has 0 aliphatic heterocycles. The Morgan fingerprint density at radius 3 is 2.48 bits per heavy atom. The average Bonchev–Trinajstić information content (AvgIpc) is 3.09. The van der Waals surface area contributed by atoms with Gasteiger partial charge in [0.25, 0.3) is 0 Å². The van der Waals surface area contributed by atoms with Crippen molar-refractivity contribution < 1.29 is 22.4 Å². The molecule has 0 radical (unpaired) electrons. The van der Waals surface area contributed by atoms with Gasteiger partial charge in [-0.25, -0.2) is 8.42 Å². The van der Waals surface area contributed by atoms with E-state index >= 15 is 0 Å². The van der Waals surface area contributed by atoms with Crippen LogP contribution < -0.4 is 9.47 Å². The van der Waals surface area contributed by atoms with Gasteiger partial charge in [-0.1, -0.05) is 16.8 Å². The first-order valence-electron chi connectivity index (χ1n) is 7.76. The number of benzene rings is 1. The third kappa shape index (κ3) is 4.55. The summed E-state index contributed by atoms with van der Waals surface area (Å²) in [6, 6.07) is 8.40. The summed E-state index contributed by atoms with van der Waals surface area (Å²) in [4.78, 5) is 8.22. The van der Waals surface area contributed by atoms with Crippen molar-refractivity contribution in [3.63, 3.8) is 0 Å². The Morgan fingerprint density at radius 2 is 1.81 bits per heavy atom. The van der Waals surface area contributed by atoms with Crippen LogP contribution in [-0.4, -0.2) is 37.8 Å². The second kappa shape index (κ2) is 7.93. The van der Waals surface area contributed by atoms with Crippen LogP contribution in [-0.2, 0) is 21.3 Å². The zero-order chi connectivity index (χ0) is 19.4. The van der Waals surface area contributed by atoms with Crippen LogP contribution in [0.1, 0.15) is 11.6 Å². The van der Waals surface area contributed by atoms with Gasteiger partial charge in [0.1, 0.15) is 11.4 Å². The number of rotatable bonds is 7. The molecule has 0 saturated heterocycles. The van der Waals surface area contributed by atoms with Gasteiger partial charge < -0.3 is 14.0 Å². The normalized spacial score (nSPS) is 11.4. The first-order valence-corrected chi connectivity index (χ1v) is 9.96. The molecular formula is C17H16ClN3O5S. The lowest BCUT2D eigenvalue weighted by atomic mass is 10.2. The van der Waals surface area contributed by atoms with Crippen LogP contribution in [0.15, 0.2) is 41.1 Å². The van der Waals surface area contributed by atoms with E-state index in [9.17, 15) is 8.42 Å². The van der Waals surface area contributed by atoms with E-state index in [0.717, 1.165) is 0 Å². The first-order chi connectivity index (χ1) is 12.9. The molecule has 27 heavy (non-hydrogen) atoms. The molecule has 0 aliphatic carbocycles. The summed E-state index contributed by atoms with van der Waals surface area (Å²) in [6.45, 7) is 0. The lowest BCUT2D eigenvalue weighted by Crippen LogP contribution is -2.10. The molecule has 0 amide bonds. The number of pyridine rings is 1. The third-order valence-electron chi connectivity index (χ3n) is 3.64. The van der Waals surface area contributed by atoms with E-state index < -0.39 is 15.6 Å². The first kappa shape index (κ1) is 19.1. The summed E-state index contributed by atoms with van der Waals surface area (Å²) in [5.41, 5.74) is 0.914. The molecule has 2 aromatic heterocycles. The van der Waals surface area contributed by atoms with Crippen molar-refractivity contribution in [3.05, 3.63) is 53.1 Å². The van der Waals surface area contributed by atoms with E-state index in [2.05, 4.69) is 15.1 Å². The lowest BCUT2D eigenvalue weighted by Gasteiger charge is -2.11. The topological polar surface area (TPSA) is 104 Å². The highest BCUT2D eigenvalue weighted by Gasteiger charge is 2.22. The minimum Gasteiger partial charge on any atom is -0.493 e. The number of halogens is 1. The predicted octanol–water partition coefficient (Wildman–Crippen LogP) is 2.92. The molecule has 2 heterocycles. The molecule has 8 nitrogen and oxygen atoms in total. The van der Waals surface area contributed by atoms with E-state index in [4.69, 9.17) is 25.6 Å². The number of hydrogen-bond donors (Lipinski definition) is 0. The van der Waals surface area contributed by atoms with E-state index in [1.807, 2.05) is 0 Å². The number of methoxy groups -OCH3 is 2. The fourth-order valence-electron chi connectivity index (χ4n) is 2.43. The second-order valence-corrected chi connectivity index (χ2v) is 8.04. The highest BCUT2D eigenvalue weighted by molar-refractivity contribution is 7.89. The molecule has 142 valence electrons. The van der Waals surface area contributed by atoms with Crippen LogP contribution in [0.2, 0.25) is 5.02 Å². The molecule has 0 spiro atoms. The van der Waals surface area contributed by atoms with Gasteiger partial charge in [-0.2, -0.15) is 4.98 Å². The Morgan fingerprint density at radius 1 is 1.07 bits per heavy atom. The van der Waals surface area contributed by atoms with Crippen LogP contribution >= 0.6 is 11.6 Å². The van der Waals surface area contributed by atoms with Gasteiger partial charge >= 0.3 is 0 Å². The maximum atomic E-state index is 12.5. The minimum atomic E-state index is -3.64. The Kier molecular flexibility index (Phi) is 5.62. The van der Waals surface area contributed by atoms with E-state index in [1.165, 1.54) is 20.4 Å². The molecule has 3 aromatic rings. The van der Waals surface area contributed by atoms with E-state index in [1.54, 1.807) is 30.3 Å². The summed E-state index contributed by atoms with van der Waals surface area (Å²) in [7, 11) is -0.748. The van der Waals surface area contributed by atoms with Gasteiger partial charge in [-0.05, 0) is 24.3 Å². The molecule has 3 rings (SSSR count). The molecule has 0 saturated carbocycles. The van der Waals surface area contributed by atoms with E-state index in [-0.39, 0.29) is 28.9 Å². The molecule has 0 unspecified atom stereocenters. The Hall–Kier alpha value is -2.65. The van der Waals surface area contributed by atoms with Crippen LogP contribution in [0.4, 0.5) is 0 Å². The van der Waals surface area contributed by atoms with Gasteiger partial charge in [0.05, 0.1) is 20.0 Å². The van der Waals surface area contributed by atoms with Crippen molar-refractivity contribution in [2.24, 2.45) is 0 Å². The number of ether oxygens (including phenoxy) is 2. The molecule has 10 heteroatoms. The lowest BCUT2D eigenvalue weighted by molar-refractivity contribution is 0.350. The quantitative estimate of drug-likeness (QED) is 0.586. The SMILES string of the molecule is COc1ccnc(CS(=O)(=O)Cc2nc(-c3ccc(Cl)cc3)no2)c1OC. The summed E-state index contributed by atoms with van der Waals surface area (Å²) in [5.74, 6) is 0.175. The monoisotopic (exact) mass is 409 g/mol. The number of nitrogens with zero attached hydrogens (tertiary/aromatic N) is 3. The molecule has 0 aliphatic rings. The van der Waals surface area contributed by atoms with Crippen molar-refractivity contribution in [3.8, 4) is 22.9 Å². The van der Waals surface area contributed by atoms with Crippen molar-refractivity contribution in [1.29, 1.82) is 0 Å². The summed E-state index contributed by atoms with van der Waals surface area (Å²) >= 11 is 5.85. The Bertz CT molecular complexity index is 1030. The second-order valence-electron chi connectivity index (χ2n) is 5.54. The molecule has 0 atom stereocenters. The minimum absolute atomic E-state index is 0.0122. The average molecular weight is 410 g/mol. The fourth-order valence-corrected chi connectivity index (χ4v) is 3.77. The third-order valence-corrected chi connectivity index (χ3v) is 5.29. The Labute approximate surface area is 161 Å². The van der Waals surface area contributed by atoms with Crippen LogP contribution in [0.25, 0.3) is 11.4 Å². The number of aromatic nitrogens is 3. The highest BCUT2D eigenvalue weighted by atomic mass is 35.5. The van der Waals surface area contributed by atoms with Crippen molar-refractivity contribution in [2.45, 2.75) is 11.5 Å². The molecule has 0 fully saturated rings. The summed E-state index contributed by atoms with van der Waals surface area (Å²) in [6.07, 6.45) is 1.46. The van der Waals surface area contributed by atoms with E-state index in [0.29, 0.717) is 16.3 Å². The zero-order valence-electron chi connectivity index (χ0n) is 14.5. The van der Waals surface area contributed by atoms with Gasteiger partial charge in [-0.3, -0.25) is 4.98 Å². The summed E-state index contributed by atoms with van der Waals surface area (Å²) < 4.78 is 40.5. The predicted molar refractivity (Wildman–Crippen MR) is 98.4 cm³/mol. The van der Waals surface area contributed by atoms with Crippen LogP contribution in [0, 0.1) is 0 Å². The fraction of sp³-hybridized carbons (Fsp3) is 0.235. The van der Waals surface area contributed by atoms with Gasteiger partial charge in [-0.15, -0.1) is 0 Å². The van der Waals surface area contributed by atoms with Crippen molar-refractivity contribution in [1.82, 2.24) is 15.1 Å². The number of hydrogen-bond acceptors (Lipinski definition) is 8. The molecule has 0 N–H and O–H groups in total. The molecule has 1 aromatic carbocycles.